The van der Waals surface area contributed by atoms with Crippen molar-refractivity contribution in [1.82, 2.24) is 0 Å². The Morgan fingerprint density at radius 1 is 1.25 bits per heavy atom. The highest BCUT2D eigenvalue weighted by Gasteiger charge is 2.12. The van der Waals surface area contributed by atoms with Crippen molar-refractivity contribution in [3.05, 3.63) is 29.3 Å². The van der Waals surface area contributed by atoms with Crippen LogP contribution >= 0.6 is 0 Å². The molecule has 1 aromatic carbocycles. The molecule has 0 saturated heterocycles. The fourth-order valence-corrected chi connectivity index (χ4v) is 1.19. The van der Waals surface area contributed by atoms with Gasteiger partial charge in [-0.2, -0.15) is 0 Å². The minimum absolute atomic E-state index is 0.211. The Labute approximate surface area is 93.1 Å². The van der Waals surface area contributed by atoms with Crippen LogP contribution in [0.5, 0.6) is 5.75 Å². The molecule has 0 fully saturated rings. The van der Waals surface area contributed by atoms with Gasteiger partial charge in [-0.3, -0.25) is 4.79 Å². The lowest BCUT2D eigenvalue weighted by molar-refractivity contribution is 0.0526. The zero-order valence-electron chi connectivity index (χ0n) is 9.15. The maximum atomic E-state index is 11.5. The minimum atomic E-state index is -0.621. The summed E-state index contributed by atoms with van der Waals surface area (Å²) < 4.78 is 9.77. The van der Waals surface area contributed by atoms with E-state index in [1.807, 2.05) is 0 Å². The number of hydrogen-bond acceptors (Lipinski definition) is 4. The summed E-state index contributed by atoms with van der Waals surface area (Å²) in [5.41, 5.74) is 5.59. The predicted octanol–water partition coefficient (Wildman–Crippen LogP) is 0.971. The molecule has 1 rings (SSSR count). The van der Waals surface area contributed by atoms with Gasteiger partial charge < -0.3 is 15.2 Å². The van der Waals surface area contributed by atoms with Gasteiger partial charge in [0.15, 0.2) is 0 Å². The molecule has 5 heteroatoms. The largest absolute Gasteiger partial charge is 0.497 e. The SMILES string of the molecule is CCOC(=O)c1cc(OC)cc(C(N)=O)c1. The summed E-state index contributed by atoms with van der Waals surface area (Å²) in [6.07, 6.45) is 0. The van der Waals surface area contributed by atoms with Gasteiger partial charge in [-0.05, 0) is 25.1 Å². The lowest BCUT2D eigenvalue weighted by Gasteiger charge is -2.06. The molecule has 86 valence electrons. The molecular formula is C11H13NO4. The number of carbonyl (C=O) groups excluding carboxylic acids is 2. The number of primary amides is 1. The van der Waals surface area contributed by atoms with E-state index >= 15 is 0 Å². The Morgan fingerprint density at radius 3 is 2.38 bits per heavy atom. The molecule has 0 unspecified atom stereocenters. The van der Waals surface area contributed by atoms with Crippen LogP contribution in [0.4, 0.5) is 0 Å². The van der Waals surface area contributed by atoms with Gasteiger partial charge >= 0.3 is 5.97 Å². The van der Waals surface area contributed by atoms with E-state index in [-0.39, 0.29) is 17.7 Å². The van der Waals surface area contributed by atoms with Crippen molar-refractivity contribution in [2.45, 2.75) is 6.92 Å². The van der Waals surface area contributed by atoms with E-state index < -0.39 is 11.9 Å². The van der Waals surface area contributed by atoms with E-state index in [1.54, 1.807) is 6.92 Å². The minimum Gasteiger partial charge on any atom is -0.497 e. The fraction of sp³-hybridized carbons (Fsp3) is 0.273. The number of benzene rings is 1. The predicted molar refractivity (Wildman–Crippen MR) is 57.5 cm³/mol. The van der Waals surface area contributed by atoms with E-state index in [0.29, 0.717) is 5.75 Å². The summed E-state index contributed by atoms with van der Waals surface area (Å²) >= 11 is 0. The van der Waals surface area contributed by atoms with Crippen LogP contribution in [0.2, 0.25) is 0 Å². The molecule has 0 aliphatic heterocycles. The first-order valence-corrected chi connectivity index (χ1v) is 4.74. The third-order valence-electron chi connectivity index (χ3n) is 1.94. The first kappa shape index (κ1) is 12.0. The second-order valence-corrected chi connectivity index (χ2v) is 3.03. The first-order chi connectivity index (χ1) is 7.58. The van der Waals surface area contributed by atoms with Crippen LogP contribution in [0, 0.1) is 0 Å². The van der Waals surface area contributed by atoms with E-state index in [1.165, 1.54) is 25.3 Å². The molecule has 1 amide bonds. The number of amides is 1. The topological polar surface area (TPSA) is 78.6 Å². The van der Waals surface area contributed by atoms with Gasteiger partial charge in [0.25, 0.3) is 0 Å². The molecule has 5 nitrogen and oxygen atoms in total. The van der Waals surface area contributed by atoms with Gasteiger partial charge in [0, 0.05) is 5.56 Å². The van der Waals surface area contributed by atoms with Gasteiger partial charge in [0.2, 0.25) is 5.91 Å². The number of ether oxygens (including phenoxy) is 2. The molecule has 1 aromatic rings. The number of esters is 1. The Bertz CT molecular complexity index is 414. The van der Waals surface area contributed by atoms with Gasteiger partial charge in [0.1, 0.15) is 5.75 Å². The Hall–Kier alpha value is -2.04. The summed E-state index contributed by atoms with van der Waals surface area (Å²) in [4.78, 5) is 22.5. The van der Waals surface area contributed by atoms with Crippen LogP contribution in [0.1, 0.15) is 27.6 Å². The molecule has 0 heterocycles. The van der Waals surface area contributed by atoms with Crippen molar-refractivity contribution in [3.8, 4) is 5.75 Å². The molecule has 0 spiro atoms. The Balaban J connectivity index is 3.13. The Morgan fingerprint density at radius 2 is 1.88 bits per heavy atom. The van der Waals surface area contributed by atoms with Crippen LogP contribution in [-0.2, 0) is 4.74 Å². The number of nitrogens with two attached hydrogens (primary N) is 1. The maximum absolute atomic E-state index is 11.5. The van der Waals surface area contributed by atoms with Crippen molar-refractivity contribution in [2.24, 2.45) is 5.73 Å². The average Bonchev–Trinajstić information content (AvgIpc) is 2.28. The second kappa shape index (κ2) is 5.16. The van der Waals surface area contributed by atoms with Crippen molar-refractivity contribution in [2.75, 3.05) is 13.7 Å². The lowest BCUT2D eigenvalue weighted by Crippen LogP contribution is -2.13. The third-order valence-corrected chi connectivity index (χ3v) is 1.94. The molecule has 2 N–H and O–H groups in total. The molecule has 0 saturated carbocycles. The molecule has 16 heavy (non-hydrogen) atoms. The van der Waals surface area contributed by atoms with Gasteiger partial charge in [0.05, 0.1) is 19.3 Å². The number of methoxy groups -OCH3 is 1. The molecule has 0 aromatic heterocycles. The molecule has 0 bridgehead atoms. The Kier molecular flexibility index (Phi) is 3.88. The summed E-state index contributed by atoms with van der Waals surface area (Å²) in [6, 6.07) is 4.33. The van der Waals surface area contributed by atoms with Gasteiger partial charge in [-0.15, -0.1) is 0 Å². The standard InChI is InChI=1S/C11H13NO4/c1-3-16-11(14)8-4-7(10(12)13)5-9(6-8)15-2/h4-6H,3H2,1-2H3,(H2,12,13). The zero-order chi connectivity index (χ0) is 12.1. The average molecular weight is 223 g/mol. The van der Waals surface area contributed by atoms with Crippen molar-refractivity contribution >= 4 is 11.9 Å². The summed E-state index contributed by atoms with van der Waals surface area (Å²) in [5.74, 6) is -0.743. The quantitative estimate of drug-likeness (QED) is 0.771. The first-order valence-electron chi connectivity index (χ1n) is 4.74. The van der Waals surface area contributed by atoms with Crippen LogP contribution in [0.25, 0.3) is 0 Å². The molecule has 0 atom stereocenters. The molecule has 0 radical (unpaired) electrons. The van der Waals surface area contributed by atoms with Gasteiger partial charge in [-0.25, -0.2) is 4.79 Å². The highest BCUT2D eigenvalue weighted by Crippen LogP contribution is 2.17. The summed E-state index contributed by atoms with van der Waals surface area (Å²) in [5, 5.41) is 0. The van der Waals surface area contributed by atoms with Crippen LogP contribution in [-0.4, -0.2) is 25.6 Å². The highest BCUT2D eigenvalue weighted by molar-refractivity contribution is 5.97. The zero-order valence-corrected chi connectivity index (χ0v) is 9.15. The third kappa shape index (κ3) is 2.73. The number of hydrogen-bond donors (Lipinski definition) is 1. The monoisotopic (exact) mass is 223 g/mol. The van der Waals surface area contributed by atoms with Crippen molar-refractivity contribution in [3.63, 3.8) is 0 Å². The fourth-order valence-electron chi connectivity index (χ4n) is 1.19. The maximum Gasteiger partial charge on any atom is 0.338 e. The lowest BCUT2D eigenvalue weighted by atomic mass is 10.1. The van der Waals surface area contributed by atoms with Crippen LogP contribution in [0.15, 0.2) is 18.2 Å². The molecule has 0 aliphatic carbocycles. The molecular weight excluding hydrogens is 210 g/mol. The van der Waals surface area contributed by atoms with Crippen molar-refractivity contribution in [1.29, 1.82) is 0 Å². The summed E-state index contributed by atoms with van der Waals surface area (Å²) in [6.45, 7) is 1.97. The van der Waals surface area contributed by atoms with E-state index in [9.17, 15) is 9.59 Å². The normalized spacial score (nSPS) is 9.62. The molecule has 0 aliphatic rings. The van der Waals surface area contributed by atoms with E-state index in [2.05, 4.69) is 0 Å². The highest BCUT2D eigenvalue weighted by atomic mass is 16.5. The smallest absolute Gasteiger partial charge is 0.338 e. The van der Waals surface area contributed by atoms with Crippen LogP contribution in [0.3, 0.4) is 0 Å². The number of rotatable bonds is 4. The van der Waals surface area contributed by atoms with E-state index in [4.69, 9.17) is 15.2 Å². The second-order valence-electron chi connectivity index (χ2n) is 3.03. The summed E-state index contributed by atoms with van der Waals surface area (Å²) in [7, 11) is 1.44. The number of carbonyl (C=O) groups is 2. The van der Waals surface area contributed by atoms with Crippen molar-refractivity contribution < 1.29 is 19.1 Å². The van der Waals surface area contributed by atoms with Gasteiger partial charge in [-0.1, -0.05) is 0 Å². The van der Waals surface area contributed by atoms with E-state index in [0.717, 1.165) is 0 Å². The van der Waals surface area contributed by atoms with Crippen LogP contribution < -0.4 is 10.5 Å².